The molecule has 0 aliphatic heterocycles. The lowest BCUT2D eigenvalue weighted by Gasteiger charge is -2.06. The Balaban J connectivity index is 1.73. The second-order valence-corrected chi connectivity index (χ2v) is 9.79. The van der Waals surface area contributed by atoms with Gasteiger partial charge in [-0.1, -0.05) is 64.9 Å². The molecule has 8 heteroatoms. The number of allylic oxidation sites excluding steroid dienone is 1. The summed E-state index contributed by atoms with van der Waals surface area (Å²) in [5.74, 6) is -0.340. The van der Waals surface area contributed by atoms with Crippen molar-refractivity contribution in [3.63, 3.8) is 0 Å². The van der Waals surface area contributed by atoms with Gasteiger partial charge in [-0.3, -0.25) is 4.79 Å². The number of rotatable bonds is 4. The number of fused-ring (bicyclic) bond motifs is 2. The molecule has 0 bridgehead atoms. The molecule has 0 saturated heterocycles. The van der Waals surface area contributed by atoms with E-state index in [2.05, 4.69) is 11.6 Å². The van der Waals surface area contributed by atoms with Gasteiger partial charge in [0.05, 0.1) is 36.9 Å². The van der Waals surface area contributed by atoms with Crippen molar-refractivity contribution in [2.45, 2.75) is 6.54 Å². The number of thiazole rings is 1. The maximum atomic E-state index is 13.5. The van der Waals surface area contributed by atoms with E-state index in [1.54, 1.807) is 23.5 Å². The number of pyridine rings is 1. The number of carbonyl (C=O) groups is 1. The molecule has 0 unspecified atom stereocenters. The number of hydrogen-bond donors (Lipinski definition) is 0. The first-order valence-electron chi connectivity index (χ1n) is 9.67. The van der Waals surface area contributed by atoms with Gasteiger partial charge >= 0.3 is 0 Å². The molecule has 3 aromatic heterocycles. The Bertz CT molecular complexity index is 1570. The summed E-state index contributed by atoms with van der Waals surface area (Å²) < 4.78 is 2.74. The van der Waals surface area contributed by atoms with Crippen molar-refractivity contribution in [1.29, 1.82) is 0 Å². The Morgan fingerprint density at radius 2 is 2.00 bits per heavy atom. The second kappa shape index (κ2) is 8.64. The third-order valence-corrected chi connectivity index (χ3v) is 7.35. The molecule has 0 spiro atoms. The Labute approximate surface area is 201 Å². The molecule has 0 fully saturated rings. The largest absolute Gasteiger partial charge is 0.311 e. The standard InChI is InChI=1S/C24H15Cl2N3OS2/c1-2-9-29-22-17(26)11-14(25)12-21(22)32-24(29)28-23(30)16-13-19(20-8-5-10-31-20)27-18-7-4-3-6-15(16)18/h2-8,10-13H,1,9H2. The topological polar surface area (TPSA) is 47.2 Å². The lowest BCUT2D eigenvalue weighted by atomic mass is 10.1. The van der Waals surface area contributed by atoms with Crippen LogP contribution in [0.1, 0.15) is 10.4 Å². The summed E-state index contributed by atoms with van der Waals surface area (Å²) in [6, 6.07) is 16.9. The molecule has 0 atom stereocenters. The van der Waals surface area contributed by atoms with Crippen LogP contribution in [0.4, 0.5) is 0 Å². The molecular weight excluding hydrogens is 481 g/mol. The minimum absolute atomic E-state index is 0.340. The fourth-order valence-corrected chi connectivity index (χ4v) is 6.07. The van der Waals surface area contributed by atoms with Crippen molar-refractivity contribution in [3.8, 4) is 10.6 Å². The lowest BCUT2D eigenvalue weighted by molar-refractivity contribution is 0.0999. The van der Waals surface area contributed by atoms with Crippen LogP contribution in [0, 0.1) is 0 Å². The average Bonchev–Trinajstić information content (AvgIpc) is 3.42. The van der Waals surface area contributed by atoms with Crippen LogP contribution < -0.4 is 4.80 Å². The molecule has 32 heavy (non-hydrogen) atoms. The first kappa shape index (κ1) is 21.1. The number of nitrogens with zero attached hydrogens (tertiary/aromatic N) is 3. The number of benzene rings is 2. The highest BCUT2D eigenvalue weighted by molar-refractivity contribution is 7.16. The van der Waals surface area contributed by atoms with E-state index in [-0.39, 0.29) is 5.91 Å². The second-order valence-electron chi connectivity index (χ2n) is 6.98. The predicted octanol–water partition coefficient (Wildman–Crippen LogP) is 7.21. The van der Waals surface area contributed by atoms with Crippen LogP contribution in [0.5, 0.6) is 0 Å². The predicted molar refractivity (Wildman–Crippen MR) is 135 cm³/mol. The zero-order valence-electron chi connectivity index (χ0n) is 16.6. The van der Waals surface area contributed by atoms with Crippen LogP contribution in [0.25, 0.3) is 31.7 Å². The Morgan fingerprint density at radius 3 is 2.78 bits per heavy atom. The van der Waals surface area contributed by atoms with E-state index in [9.17, 15) is 4.79 Å². The molecule has 0 aliphatic rings. The van der Waals surface area contributed by atoms with Gasteiger partial charge < -0.3 is 4.57 Å². The zero-order chi connectivity index (χ0) is 22.2. The van der Waals surface area contributed by atoms with Crippen molar-refractivity contribution in [1.82, 2.24) is 9.55 Å². The average molecular weight is 496 g/mol. The van der Waals surface area contributed by atoms with Crippen molar-refractivity contribution >= 4 is 72.9 Å². The van der Waals surface area contributed by atoms with Crippen molar-refractivity contribution < 1.29 is 4.79 Å². The summed E-state index contributed by atoms with van der Waals surface area (Å²) in [5.41, 5.74) is 2.79. The maximum Gasteiger partial charge on any atom is 0.280 e. The Kier molecular flexibility index (Phi) is 5.69. The van der Waals surface area contributed by atoms with Gasteiger partial charge in [0.1, 0.15) is 0 Å². The number of para-hydroxylation sites is 1. The van der Waals surface area contributed by atoms with E-state index in [1.807, 2.05) is 58.5 Å². The molecular formula is C24H15Cl2N3OS2. The van der Waals surface area contributed by atoms with Crippen LogP contribution in [0.3, 0.4) is 0 Å². The number of carbonyl (C=O) groups excluding carboxylic acids is 1. The highest BCUT2D eigenvalue weighted by Gasteiger charge is 2.16. The molecule has 0 saturated carbocycles. The third kappa shape index (κ3) is 3.80. The summed E-state index contributed by atoms with van der Waals surface area (Å²) in [5, 5.41) is 3.79. The minimum atomic E-state index is -0.340. The minimum Gasteiger partial charge on any atom is -0.311 e. The zero-order valence-corrected chi connectivity index (χ0v) is 19.7. The van der Waals surface area contributed by atoms with E-state index in [0.29, 0.717) is 27.0 Å². The van der Waals surface area contributed by atoms with Gasteiger partial charge in [-0.05, 0) is 35.7 Å². The molecule has 4 nitrogen and oxygen atoms in total. The number of amides is 1. The summed E-state index contributed by atoms with van der Waals surface area (Å²) in [6.45, 7) is 4.29. The maximum absolute atomic E-state index is 13.5. The molecule has 0 radical (unpaired) electrons. The van der Waals surface area contributed by atoms with E-state index in [0.717, 1.165) is 31.7 Å². The molecule has 5 rings (SSSR count). The van der Waals surface area contributed by atoms with Gasteiger partial charge in [0, 0.05) is 17.0 Å². The normalized spacial score (nSPS) is 12.0. The van der Waals surface area contributed by atoms with Crippen LogP contribution in [-0.4, -0.2) is 15.5 Å². The van der Waals surface area contributed by atoms with Crippen LogP contribution in [-0.2, 0) is 6.54 Å². The lowest BCUT2D eigenvalue weighted by Crippen LogP contribution is -2.16. The first-order chi connectivity index (χ1) is 15.5. The quantitative estimate of drug-likeness (QED) is 0.247. The number of halogens is 2. The molecule has 0 aliphatic carbocycles. The summed E-state index contributed by atoms with van der Waals surface area (Å²) >= 11 is 15.6. The fraction of sp³-hybridized carbons (Fsp3) is 0.0417. The fourth-order valence-electron chi connectivity index (χ4n) is 3.56. The number of hydrogen-bond acceptors (Lipinski definition) is 4. The van der Waals surface area contributed by atoms with Crippen LogP contribution in [0.2, 0.25) is 10.0 Å². The molecule has 0 N–H and O–H groups in total. The van der Waals surface area contributed by atoms with Crippen molar-refractivity contribution in [2.75, 3.05) is 0 Å². The highest BCUT2D eigenvalue weighted by atomic mass is 35.5. The molecule has 3 heterocycles. The van der Waals surface area contributed by atoms with Crippen LogP contribution >= 0.6 is 45.9 Å². The molecule has 1 amide bonds. The number of thiophene rings is 1. The van der Waals surface area contributed by atoms with E-state index >= 15 is 0 Å². The van der Waals surface area contributed by atoms with Crippen molar-refractivity contribution in [2.24, 2.45) is 4.99 Å². The Hall–Kier alpha value is -2.77. The van der Waals surface area contributed by atoms with E-state index in [1.165, 1.54) is 11.3 Å². The number of aromatic nitrogens is 2. The third-order valence-electron chi connectivity index (χ3n) is 4.92. The summed E-state index contributed by atoms with van der Waals surface area (Å²) in [7, 11) is 0. The summed E-state index contributed by atoms with van der Waals surface area (Å²) in [4.78, 5) is 24.2. The van der Waals surface area contributed by atoms with Gasteiger partial charge in [0.15, 0.2) is 4.80 Å². The van der Waals surface area contributed by atoms with Gasteiger partial charge in [0.25, 0.3) is 5.91 Å². The Morgan fingerprint density at radius 1 is 1.16 bits per heavy atom. The summed E-state index contributed by atoms with van der Waals surface area (Å²) in [6.07, 6.45) is 1.75. The van der Waals surface area contributed by atoms with Crippen LogP contribution in [0.15, 0.2) is 77.6 Å². The highest BCUT2D eigenvalue weighted by Crippen LogP contribution is 2.31. The van der Waals surface area contributed by atoms with Gasteiger partial charge in [-0.15, -0.1) is 17.9 Å². The van der Waals surface area contributed by atoms with Gasteiger partial charge in [-0.2, -0.15) is 4.99 Å². The first-order valence-corrected chi connectivity index (χ1v) is 12.1. The molecule has 2 aromatic carbocycles. The van der Waals surface area contributed by atoms with E-state index in [4.69, 9.17) is 28.2 Å². The molecule has 5 aromatic rings. The monoisotopic (exact) mass is 495 g/mol. The van der Waals surface area contributed by atoms with Crippen molar-refractivity contribution in [3.05, 3.63) is 93.0 Å². The smallest absolute Gasteiger partial charge is 0.280 e. The van der Waals surface area contributed by atoms with Gasteiger partial charge in [-0.25, -0.2) is 4.98 Å². The molecule has 158 valence electrons. The SMILES string of the molecule is C=CCn1c(=NC(=O)c2cc(-c3cccs3)nc3ccccc23)sc2cc(Cl)cc(Cl)c21. The van der Waals surface area contributed by atoms with E-state index < -0.39 is 0 Å². The van der Waals surface area contributed by atoms with Gasteiger partial charge in [0.2, 0.25) is 0 Å².